The molecule has 0 aromatic heterocycles. The van der Waals surface area contributed by atoms with Gasteiger partial charge in [-0.2, -0.15) is 0 Å². The van der Waals surface area contributed by atoms with Crippen LogP contribution in [0, 0.1) is 0 Å². The fourth-order valence-corrected chi connectivity index (χ4v) is 3.66. The second-order valence-electron chi connectivity index (χ2n) is 6.78. The van der Waals surface area contributed by atoms with Crippen LogP contribution in [0.5, 0.6) is 5.75 Å². The quantitative estimate of drug-likeness (QED) is 0.506. The van der Waals surface area contributed by atoms with Crippen LogP contribution in [0.4, 0.5) is 0 Å². The van der Waals surface area contributed by atoms with Crippen LogP contribution in [0.15, 0.2) is 97.1 Å². The fourth-order valence-electron chi connectivity index (χ4n) is 3.66. The van der Waals surface area contributed by atoms with Gasteiger partial charge >= 0.3 is 7.12 Å². The molecule has 0 bridgehead atoms. The first kappa shape index (κ1) is 19.0. The van der Waals surface area contributed by atoms with E-state index < -0.39 is 7.12 Å². The number of benzene rings is 4. The van der Waals surface area contributed by atoms with Gasteiger partial charge in [-0.25, -0.2) is 0 Å². The van der Waals surface area contributed by atoms with E-state index in [0.717, 1.165) is 39.1 Å². The zero-order chi connectivity index (χ0) is 20.2. The number of rotatable bonds is 5. The molecule has 2 N–H and O–H groups in total. The molecular formula is C25H21BO3. The monoisotopic (exact) mass is 380 g/mol. The maximum Gasteiger partial charge on any atom is 0.489 e. The summed E-state index contributed by atoms with van der Waals surface area (Å²) < 4.78 is 5.29. The summed E-state index contributed by atoms with van der Waals surface area (Å²) in [6, 6.07) is 31.7. The Kier molecular flexibility index (Phi) is 5.47. The molecule has 0 aliphatic heterocycles. The molecule has 4 aromatic carbocycles. The van der Waals surface area contributed by atoms with Gasteiger partial charge in [-0.15, -0.1) is 0 Å². The molecule has 0 saturated carbocycles. The zero-order valence-electron chi connectivity index (χ0n) is 16.1. The summed E-state index contributed by atoms with van der Waals surface area (Å²) in [5.74, 6) is 0.817. The van der Waals surface area contributed by atoms with Gasteiger partial charge in [-0.3, -0.25) is 0 Å². The van der Waals surface area contributed by atoms with E-state index in [1.165, 1.54) is 0 Å². The van der Waals surface area contributed by atoms with E-state index in [9.17, 15) is 10.0 Å². The Morgan fingerprint density at radius 1 is 0.552 bits per heavy atom. The van der Waals surface area contributed by atoms with Crippen LogP contribution in [0.25, 0.3) is 33.4 Å². The summed E-state index contributed by atoms with van der Waals surface area (Å²) >= 11 is 0. The summed E-state index contributed by atoms with van der Waals surface area (Å²) in [5, 5.41) is 19.7. The molecule has 0 spiro atoms. The van der Waals surface area contributed by atoms with Crippen LogP contribution in [-0.2, 0) is 0 Å². The summed E-state index contributed by atoms with van der Waals surface area (Å²) in [5.41, 5.74) is 6.56. The maximum absolute atomic E-state index is 9.85. The maximum atomic E-state index is 9.85. The van der Waals surface area contributed by atoms with Gasteiger partial charge in [-0.05, 0) is 51.0 Å². The van der Waals surface area contributed by atoms with E-state index in [2.05, 4.69) is 18.2 Å². The van der Waals surface area contributed by atoms with E-state index in [1.807, 2.05) is 72.8 Å². The minimum atomic E-state index is -1.53. The van der Waals surface area contributed by atoms with Crippen molar-refractivity contribution >= 4 is 12.6 Å². The topological polar surface area (TPSA) is 49.7 Å². The molecule has 0 amide bonds. The first-order valence-corrected chi connectivity index (χ1v) is 9.47. The van der Waals surface area contributed by atoms with Gasteiger partial charge < -0.3 is 14.8 Å². The Hall–Kier alpha value is -3.34. The molecule has 4 rings (SSSR count). The van der Waals surface area contributed by atoms with Crippen LogP contribution >= 0.6 is 0 Å². The van der Waals surface area contributed by atoms with E-state index in [-0.39, 0.29) is 0 Å². The fraction of sp³-hybridized carbons (Fsp3) is 0.0400. The summed E-state index contributed by atoms with van der Waals surface area (Å²) in [4.78, 5) is 0. The third kappa shape index (κ3) is 3.81. The molecule has 4 heteroatoms. The lowest BCUT2D eigenvalue weighted by atomic mass is 9.74. The number of methoxy groups -OCH3 is 1. The van der Waals surface area contributed by atoms with Gasteiger partial charge in [0.2, 0.25) is 0 Å². The zero-order valence-corrected chi connectivity index (χ0v) is 16.1. The highest BCUT2D eigenvalue weighted by molar-refractivity contribution is 6.60. The summed E-state index contributed by atoms with van der Waals surface area (Å²) in [7, 11) is 0.128. The van der Waals surface area contributed by atoms with Crippen LogP contribution in [0.2, 0.25) is 0 Å². The lowest BCUT2D eigenvalue weighted by Gasteiger charge is -2.17. The molecule has 0 fully saturated rings. The SMILES string of the molecule is COc1ccc(-c2ccccc2-c2ccccc2-c2ccccc2B(O)O)cc1. The van der Waals surface area contributed by atoms with Gasteiger partial charge in [-0.1, -0.05) is 84.9 Å². The minimum absolute atomic E-state index is 0.488. The molecule has 0 aliphatic carbocycles. The molecule has 4 aromatic rings. The van der Waals surface area contributed by atoms with Crippen LogP contribution < -0.4 is 10.2 Å². The number of hydrogen-bond donors (Lipinski definition) is 2. The van der Waals surface area contributed by atoms with Crippen molar-refractivity contribution in [3.8, 4) is 39.1 Å². The van der Waals surface area contributed by atoms with Crippen molar-refractivity contribution < 1.29 is 14.8 Å². The van der Waals surface area contributed by atoms with Crippen LogP contribution in [0.1, 0.15) is 0 Å². The van der Waals surface area contributed by atoms with Gasteiger partial charge in [0, 0.05) is 0 Å². The average Bonchev–Trinajstić information content (AvgIpc) is 2.79. The van der Waals surface area contributed by atoms with Crippen molar-refractivity contribution in [2.75, 3.05) is 7.11 Å². The van der Waals surface area contributed by atoms with Crippen molar-refractivity contribution in [1.82, 2.24) is 0 Å². The lowest BCUT2D eigenvalue weighted by molar-refractivity contribution is 0.415. The second kappa shape index (κ2) is 8.35. The molecule has 0 aliphatic rings. The molecule has 29 heavy (non-hydrogen) atoms. The Morgan fingerprint density at radius 3 is 1.55 bits per heavy atom. The number of ether oxygens (including phenoxy) is 1. The van der Waals surface area contributed by atoms with E-state index in [1.54, 1.807) is 13.2 Å². The second-order valence-corrected chi connectivity index (χ2v) is 6.78. The predicted octanol–water partition coefficient (Wildman–Crippen LogP) is 4.38. The van der Waals surface area contributed by atoms with Crippen molar-refractivity contribution in [3.05, 3.63) is 97.1 Å². The molecule has 0 atom stereocenters. The molecule has 142 valence electrons. The molecule has 0 saturated heterocycles. The predicted molar refractivity (Wildman–Crippen MR) is 119 cm³/mol. The van der Waals surface area contributed by atoms with Gasteiger partial charge in [0.1, 0.15) is 5.75 Å². The van der Waals surface area contributed by atoms with Gasteiger partial charge in [0.25, 0.3) is 0 Å². The van der Waals surface area contributed by atoms with E-state index in [4.69, 9.17) is 4.74 Å². The highest BCUT2D eigenvalue weighted by Gasteiger charge is 2.19. The number of hydrogen-bond acceptors (Lipinski definition) is 3. The van der Waals surface area contributed by atoms with Crippen molar-refractivity contribution in [3.63, 3.8) is 0 Å². The Balaban J connectivity index is 1.90. The average molecular weight is 380 g/mol. The first-order valence-electron chi connectivity index (χ1n) is 9.47. The van der Waals surface area contributed by atoms with Crippen molar-refractivity contribution in [2.24, 2.45) is 0 Å². The first-order chi connectivity index (χ1) is 14.2. The third-order valence-electron chi connectivity index (χ3n) is 5.07. The summed E-state index contributed by atoms with van der Waals surface area (Å²) in [6.07, 6.45) is 0. The van der Waals surface area contributed by atoms with Crippen molar-refractivity contribution in [2.45, 2.75) is 0 Å². The largest absolute Gasteiger partial charge is 0.497 e. The van der Waals surface area contributed by atoms with Crippen LogP contribution in [0.3, 0.4) is 0 Å². The van der Waals surface area contributed by atoms with E-state index in [0.29, 0.717) is 5.46 Å². The Bertz CT molecular complexity index is 1120. The molecule has 3 nitrogen and oxygen atoms in total. The lowest BCUT2D eigenvalue weighted by Crippen LogP contribution is -2.31. The normalized spacial score (nSPS) is 10.6. The van der Waals surface area contributed by atoms with Crippen molar-refractivity contribution in [1.29, 1.82) is 0 Å². The molecule has 0 unspecified atom stereocenters. The molecule has 0 heterocycles. The molecule has 0 radical (unpaired) electrons. The smallest absolute Gasteiger partial charge is 0.489 e. The third-order valence-corrected chi connectivity index (χ3v) is 5.07. The Morgan fingerprint density at radius 2 is 1.00 bits per heavy atom. The standard InChI is InChI=1S/C25H21BO3/c1-29-19-16-14-18(15-17-19)20-8-2-3-9-21(20)22-10-4-5-11-23(22)24-12-6-7-13-25(24)26(27)28/h2-17,27-28H,1H3. The van der Waals surface area contributed by atoms with Gasteiger partial charge in [0.05, 0.1) is 7.11 Å². The van der Waals surface area contributed by atoms with Crippen LogP contribution in [-0.4, -0.2) is 24.3 Å². The highest BCUT2D eigenvalue weighted by atomic mass is 16.5. The Labute approximate surface area is 171 Å². The molecular weight excluding hydrogens is 359 g/mol. The summed E-state index contributed by atoms with van der Waals surface area (Å²) in [6.45, 7) is 0. The minimum Gasteiger partial charge on any atom is -0.497 e. The van der Waals surface area contributed by atoms with E-state index >= 15 is 0 Å². The van der Waals surface area contributed by atoms with Gasteiger partial charge in [0.15, 0.2) is 0 Å². The highest BCUT2D eigenvalue weighted by Crippen LogP contribution is 2.38.